The van der Waals surface area contributed by atoms with Crippen LogP contribution in [0.1, 0.15) is 36.8 Å². The molecule has 0 saturated carbocycles. The molecule has 1 atom stereocenters. The number of pyridine rings is 1. The second kappa shape index (κ2) is 6.97. The van der Waals surface area contributed by atoms with E-state index >= 15 is 0 Å². The van der Waals surface area contributed by atoms with Gasteiger partial charge >= 0.3 is 0 Å². The van der Waals surface area contributed by atoms with Crippen LogP contribution in [-0.2, 0) is 19.4 Å². The molecular formula is C14H20BrN5. The van der Waals surface area contributed by atoms with Crippen LogP contribution < -0.4 is 11.3 Å². The fourth-order valence-corrected chi connectivity index (χ4v) is 2.66. The predicted molar refractivity (Wildman–Crippen MR) is 83.0 cm³/mol. The molecule has 2 aromatic rings. The van der Waals surface area contributed by atoms with Crippen molar-refractivity contribution in [2.45, 2.75) is 39.3 Å². The number of aromatic nitrogens is 3. The zero-order valence-corrected chi connectivity index (χ0v) is 13.4. The molecule has 0 aliphatic rings. The highest BCUT2D eigenvalue weighted by molar-refractivity contribution is 9.10. The van der Waals surface area contributed by atoms with E-state index in [-0.39, 0.29) is 6.04 Å². The number of hydrogen-bond acceptors (Lipinski definition) is 4. The molecule has 6 heteroatoms. The van der Waals surface area contributed by atoms with Crippen LogP contribution >= 0.6 is 15.9 Å². The Morgan fingerprint density at radius 3 is 2.75 bits per heavy atom. The SMILES string of the molecule is CCc1cc(C(Cc2cncc(Br)c2)NN)n(CC)n1. The molecule has 0 aliphatic carbocycles. The van der Waals surface area contributed by atoms with Gasteiger partial charge in [0, 0.05) is 23.4 Å². The molecule has 0 fully saturated rings. The van der Waals surface area contributed by atoms with Crippen molar-refractivity contribution < 1.29 is 0 Å². The summed E-state index contributed by atoms with van der Waals surface area (Å²) < 4.78 is 2.98. The Hall–Kier alpha value is -1.24. The maximum absolute atomic E-state index is 5.74. The highest BCUT2D eigenvalue weighted by atomic mass is 79.9. The molecule has 0 saturated heterocycles. The molecule has 3 N–H and O–H groups in total. The fourth-order valence-electron chi connectivity index (χ4n) is 2.25. The number of nitrogens with two attached hydrogens (primary N) is 1. The van der Waals surface area contributed by atoms with Crippen molar-refractivity contribution in [1.82, 2.24) is 20.2 Å². The summed E-state index contributed by atoms with van der Waals surface area (Å²) in [6.07, 6.45) is 5.34. The van der Waals surface area contributed by atoms with Crippen molar-refractivity contribution >= 4 is 15.9 Å². The first kappa shape index (κ1) is 15.2. The van der Waals surface area contributed by atoms with Crippen LogP contribution in [0.3, 0.4) is 0 Å². The van der Waals surface area contributed by atoms with E-state index in [0.29, 0.717) is 0 Å². The van der Waals surface area contributed by atoms with Crippen molar-refractivity contribution in [3.8, 4) is 0 Å². The zero-order chi connectivity index (χ0) is 14.5. The molecule has 2 heterocycles. The maximum Gasteiger partial charge on any atom is 0.0670 e. The first-order chi connectivity index (χ1) is 9.67. The molecule has 0 aromatic carbocycles. The third-order valence-corrected chi connectivity index (χ3v) is 3.72. The normalized spacial score (nSPS) is 12.6. The molecule has 0 radical (unpaired) electrons. The average molecular weight is 338 g/mol. The fraction of sp³-hybridized carbons (Fsp3) is 0.429. The molecular weight excluding hydrogens is 318 g/mol. The van der Waals surface area contributed by atoms with Gasteiger partial charge < -0.3 is 0 Å². The minimum absolute atomic E-state index is 0.0267. The molecule has 0 spiro atoms. The van der Waals surface area contributed by atoms with Gasteiger partial charge in [0.25, 0.3) is 0 Å². The molecule has 2 rings (SSSR count). The topological polar surface area (TPSA) is 68.8 Å². The molecule has 1 unspecified atom stereocenters. The second-order valence-electron chi connectivity index (χ2n) is 4.66. The minimum Gasteiger partial charge on any atom is -0.271 e. The number of nitrogens with one attached hydrogen (secondary N) is 1. The average Bonchev–Trinajstić information content (AvgIpc) is 2.88. The summed E-state index contributed by atoms with van der Waals surface area (Å²) in [7, 11) is 0. The van der Waals surface area contributed by atoms with Gasteiger partial charge in [0.1, 0.15) is 0 Å². The highest BCUT2D eigenvalue weighted by Gasteiger charge is 2.17. The van der Waals surface area contributed by atoms with Crippen LogP contribution in [-0.4, -0.2) is 14.8 Å². The summed E-state index contributed by atoms with van der Waals surface area (Å²) in [5.74, 6) is 5.74. The van der Waals surface area contributed by atoms with Crippen molar-refractivity contribution in [2.24, 2.45) is 5.84 Å². The van der Waals surface area contributed by atoms with Crippen LogP contribution in [0, 0.1) is 0 Å². The van der Waals surface area contributed by atoms with Gasteiger partial charge in [-0.3, -0.25) is 20.9 Å². The van der Waals surface area contributed by atoms with E-state index < -0.39 is 0 Å². The third kappa shape index (κ3) is 3.45. The summed E-state index contributed by atoms with van der Waals surface area (Å²) in [6.45, 7) is 5.03. The molecule has 0 aliphatic heterocycles. The first-order valence-corrected chi connectivity index (χ1v) is 7.59. The van der Waals surface area contributed by atoms with Gasteiger partial charge in [-0.2, -0.15) is 5.10 Å². The Morgan fingerprint density at radius 2 is 2.15 bits per heavy atom. The zero-order valence-electron chi connectivity index (χ0n) is 11.8. The van der Waals surface area contributed by atoms with Gasteiger partial charge in [-0.1, -0.05) is 6.92 Å². The Labute approximate surface area is 127 Å². The Bertz CT molecular complexity index is 566. The summed E-state index contributed by atoms with van der Waals surface area (Å²) in [5.41, 5.74) is 6.23. The number of hydrazine groups is 1. The standard InChI is InChI=1S/C14H20BrN5/c1-3-12-7-14(20(4-2)19-12)13(18-16)6-10-5-11(15)9-17-8-10/h5,7-9,13,18H,3-4,6,16H2,1-2H3. The second-order valence-corrected chi connectivity index (χ2v) is 5.58. The van der Waals surface area contributed by atoms with E-state index in [1.807, 2.05) is 10.9 Å². The summed E-state index contributed by atoms with van der Waals surface area (Å²) >= 11 is 3.44. The third-order valence-electron chi connectivity index (χ3n) is 3.28. The smallest absolute Gasteiger partial charge is 0.0670 e. The lowest BCUT2D eigenvalue weighted by atomic mass is 10.0. The largest absolute Gasteiger partial charge is 0.271 e. The van der Waals surface area contributed by atoms with E-state index in [4.69, 9.17) is 5.84 Å². The van der Waals surface area contributed by atoms with Crippen molar-refractivity contribution in [3.05, 3.63) is 46.0 Å². The van der Waals surface area contributed by atoms with Crippen LogP contribution in [0.4, 0.5) is 0 Å². The number of nitrogens with zero attached hydrogens (tertiary/aromatic N) is 3. The van der Waals surface area contributed by atoms with Crippen LogP contribution in [0.5, 0.6) is 0 Å². The van der Waals surface area contributed by atoms with Crippen molar-refractivity contribution in [1.29, 1.82) is 0 Å². The predicted octanol–water partition coefficient (Wildman–Crippen LogP) is 2.37. The number of aryl methyl sites for hydroxylation is 2. The Morgan fingerprint density at radius 1 is 1.35 bits per heavy atom. The van der Waals surface area contributed by atoms with Gasteiger partial charge in [-0.25, -0.2) is 0 Å². The summed E-state index contributed by atoms with van der Waals surface area (Å²) in [4.78, 5) is 4.19. The van der Waals surface area contributed by atoms with Gasteiger partial charge in [0.05, 0.1) is 17.4 Å². The minimum atomic E-state index is 0.0267. The van der Waals surface area contributed by atoms with E-state index in [2.05, 4.69) is 57.4 Å². The van der Waals surface area contributed by atoms with E-state index in [1.165, 1.54) is 0 Å². The highest BCUT2D eigenvalue weighted by Crippen LogP contribution is 2.20. The van der Waals surface area contributed by atoms with E-state index in [1.54, 1.807) is 6.20 Å². The first-order valence-electron chi connectivity index (χ1n) is 6.80. The molecule has 2 aromatic heterocycles. The lowest BCUT2D eigenvalue weighted by Crippen LogP contribution is -2.31. The summed E-state index contributed by atoms with van der Waals surface area (Å²) in [6, 6.07) is 4.21. The van der Waals surface area contributed by atoms with Crippen molar-refractivity contribution in [2.75, 3.05) is 0 Å². The molecule has 20 heavy (non-hydrogen) atoms. The van der Waals surface area contributed by atoms with Crippen LogP contribution in [0.15, 0.2) is 29.0 Å². The van der Waals surface area contributed by atoms with Gasteiger partial charge in [-0.05, 0) is 53.4 Å². The van der Waals surface area contributed by atoms with E-state index in [9.17, 15) is 0 Å². The van der Waals surface area contributed by atoms with Gasteiger partial charge in [0.2, 0.25) is 0 Å². The van der Waals surface area contributed by atoms with Gasteiger partial charge in [-0.15, -0.1) is 0 Å². The van der Waals surface area contributed by atoms with Gasteiger partial charge in [0.15, 0.2) is 0 Å². The molecule has 5 nitrogen and oxygen atoms in total. The Balaban J connectivity index is 2.25. The van der Waals surface area contributed by atoms with Crippen LogP contribution in [0.25, 0.3) is 0 Å². The van der Waals surface area contributed by atoms with Crippen molar-refractivity contribution in [3.63, 3.8) is 0 Å². The van der Waals surface area contributed by atoms with E-state index in [0.717, 1.165) is 40.8 Å². The number of rotatable bonds is 6. The van der Waals surface area contributed by atoms with Crippen LogP contribution in [0.2, 0.25) is 0 Å². The Kier molecular flexibility index (Phi) is 5.28. The quantitative estimate of drug-likeness (QED) is 0.627. The lowest BCUT2D eigenvalue weighted by Gasteiger charge is -2.17. The number of halogens is 1. The lowest BCUT2D eigenvalue weighted by molar-refractivity contribution is 0.489. The summed E-state index contributed by atoms with van der Waals surface area (Å²) in [5, 5.41) is 4.57. The number of hydrogen-bond donors (Lipinski definition) is 2. The molecule has 108 valence electrons. The molecule has 0 amide bonds. The molecule has 0 bridgehead atoms. The maximum atomic E-state index is 5.74. The monoisotopic (exact) mass is 337 g/mol.